The van der Waals surface area contributed by atoms with Crippen LogP contribution in [0.1, 0.15) is 0 Å². The summed E-state index contributed by atoms with van der Waals surface area (Å²) >= 11 is 0. The molecule has 0 spiro atoms. The van der Waals surface area contributed by atoms with Crippen molar-refractivity contribution in [3.63, 3.8) is 0 Å². The molecule has 1 heterocycles. The fourth-order valence-electron chi connectivity index (χ4n) is 2.01. The Morgan fingerprint density at radius 1 is 0.789 bits per heavy atom. The average Bonchev–Trinajstić information content (AvgIpc) is 2.40. The molecule has 7 nitrogen and oxygen atoms in total. The Bertz CT molecular complexity index is 209. The molecule has 1 aliphatic rings. The highest BCUT2D eigenvalue weighted by Crippen LogP contribution is 1.97. The standard InChI is InChI=1S/C12H28N4O3/c17-10-12(19)11(18)9-16-7-5-14-3-1-13-2-4-15-6-8-16/h11-15,17-19H,1-10H2. The van der Waals surface area contributed by atoms with Crippen LogP contribution in [-0.4, -0.2) is 97.9 Å². The third kappa shape index (κ3) is 7.78. The highest BCUT2D eigenvalue weighted by Gasteiger charge is 2.18. The lowest BCUT2D eigenvalue weighted by atomic mass is 10.2. The largest absolute Gasteiger partial charge is 0.394 e. The maximum atomic E-state index is 9.76. The first-order valence-corrected chi connectivity index (χ1v) is 7.05. The average molecular weight is 276 g/mol. The molecule has 1 rings (SSSR count). The highest BCUT2D eigenvalue weighted by molar-refractivity contribution is 4.73. The summed E-state index contributed by atoms with van der Waals surface area (Å²) in [5.41, 5.74) is 0. The first kappa shape index (κ1) is 16.8. The Labute approximate surface area is 115 Å². The maximum Gasteiger partial charge on any atom is 0.104 e. The second-order valence-electron chi connectivity index (χ2n) is 4.87. The molecular weight excluding hydrogens is 248 g/mol. The van der Waals surface area contributed by atoms with Crippen LogP contribution in [-0.2, 0) is 0 Å². The van der Waals surface area contributed by atoms with E-state index in [0.29, 0.717) is 6.54 Å². The summed E-state index contributed by atoms with van der Waals surface area (Å²) in [6.45, 7) is 7.06. The van der Waals surface area contributed by atoms with Gasteiger partial charge in [0.25, 0.3) is 0 Å². The van der Waals surface area contributed by atoms with Crippen molar-refractivity contribution >= 4 is 0 Å². The van der Waals surface area contributed by atoms with E-state index >= 15 is 0 Å². The zero-order valence-corrected chi connectivity index (χ0v) is 11.5. The zero-order valence-electron chi connectivity index (χ0n) is 11.5. The number of β-amino-alcohol motifs (C(OH)–C–C–N with tert-alkyl or cyclic N) is 1. The first-order valence-electron chi connectivity index (χ1n) is 7.05. The Balaban J connectivity index is 2.33. The molecule has 0 amide bonds. The van der Waals surface area contributed by atoms with Crippen molar-refractivity contribution in [2.24, 2.45) is 0 Å². The molecule has 7 heteroatoms. The predicted molar refractivity (Wildman–Crippen MR) is 74.1 cm³/mol. The van der Waals surface area contributed by atoms with E-state index in [1.165, 1.54) is 0 Å². The lowest BCUT2D eigenvalue weighted by molar-refractivity contribution is -0.0291. The van der Waals surface area contributed by atoms with E-state index < -0.39 is 18.8 Å². The van der Waals surface area contributed by atoms with Gasteiger partial charge in [0.2, 0.25) is 0 Å². The second kappa shape index (κ2) is 10.5. The van der Waals surface area contributed by atoms with Crippen molar-refractivity contribution < 1.29 is 15.3 Å². The van der Waals surface area contributed by atoms with Gasteiger partial charge in [0.05, 0.1) is 12.7 Å². The highest BCUT2D eigenvalue weighted by atomic mass is 16.4. The van der Waals surface area contributed by atoms with Gasteiger partial charge in [-0.05, 0) is 0 Å². The van der Waals surface area contributed by atoms with Gasteiger partial charge in [-0.1, -0.05) is 0 Å². The number of nitrogens with one attached hydrogen (secondary N) is 3. The van der Waals surface area contributed by atoms with Crippen molar-refractivity contribution in [2.75, 3.05) is 65.5 Å². The van der Waals surface area contributed by atoms with Crippen molar-refractivity contribution in [3.05, 3.63) is 0 Å². The fraction of sp³-hybridized carbons (Fsp3) is 1.00. The SMILES string of the molecule is OCC(O)C(O)CN1CCNCCNCCNCC1. The lowest BCUT2D eigenvalue weighted by Crippen LogP contribution is -2.46. The molecule has 1 fully saturated rings. The normalized spacial score (nSPS) is 24.2. The van der Waals surface area contributed by atoms with E-state index in [2.05, 4.69) is 20.9 Å². The molecule has 0 radical (unpaired) electrons. The minimum absolute atomic E-state index is 0.378. The van der Waals surface area contributed by atoms with Crippen molar-refractivity contribution in [2.45, 2.75) is 12.2 Å². The smallest absolute Gasteiger partial charge is 0.104 e. The predicted octanol–water partition coefficient (Wildman–Crippen LogP) is -3.22. The summed E-state index contributed by atoms with van der Waals surface area (Å²) in [7, 11) is 0. The summed E-state index contributed by atoms with van der Waals surface area (Å²) in [4.78, 5) is 2.10. The third-order valence-corrected chi connectivity index (χ3v) is 3.24. The van der Waals surface area contributed by atoms with Gasteiger partial charge in [-0.3, -0.25) is 4.90 Å². The zero-order chi connectivity index (χ0) is 13.9. The van der Waals surface area contributed by atoms with Gasteiger partial charge in [-0.2, -0.15) is 0 Å². The van der Waals surface area contributed by atoms with E-state index in [4.69, 9.17) is 5.11 Å². The summed E-state index contributed by atoms with van der Waals surface area (Å²) in [6.07, 6.45) is -1.97. The number of aliphatic hydroxyl groups is 3. The molecule has 0 bridgehead atoms. The Morgan fingerprint density at radius 3 is 1.74 bits per heavy atom. The molecule has 2 atom stereocenters. The minimum atomic E-state index is -1.06. The summed E-state index contributed by atoms with van der Waals surface area (Å²) < 4.78 is 0. The number of nitrogens with zero attached hydrogens (tertiary/aromatic N) is 1. The molecule has 0 aromatic heterocycles. The Kier molecular flexibility index (Phi) is 9.27. The molecule has 0 aromatic rings. The van der Waals surface area contributed by atoms with Crippen LogP contribution in [0.2, 0.25) is 0 Å². The van der Waals surface area contributed by atoms with Crippen LogP contribution < -0.4 is 16.0 Å². The number of hydrogen-bond donors (Lipinski definition) is 6. The molecule has 0 aliphatic carbocycles. The van der Waals surface area contributed by atoms with Crippen LogP contribution in [0, 0.1) is 0 Å². The maximum absolute atomic E-state index is 9.76. The van der Waals surface area contributed by atoms with E-state index in [-0.39, 0.29) is 0 Å². The fourth-order valence-corrected chi connectivity index (χ4v) is 2.01. The van der Waals surface area contributed by atoms with Gasteiger partial charge >= 0.3 is 0 Å². The molecule has 2 unspecified atom stereocenters. The van der Waals surface area contributed by atoms with Crippen LogP contribution in [0.15, 0.2) is 0 Å². The minimum Gasteiger partial charge on any atom is -0.394 e. The molecule has 1 aliphatic heterocycles. The number of aliphatic hydroxyl groups excluding tert-OH is 3. The van der Waals surface area contributed by atoms with Crippen LogP contribution in [0.25, 0.3) is 0 Å². The monoisotopic (exact) mass is 276 g/mol. The summed E-state index contributed by atoms with van der Waals surface area (Å²) in [5, 5.41) is 38.0. The van der Waals surface area contributed by atoms with Crippen LogP contribution in [0.5, 0.6) is 0 Å². The van der Waals surface area contributed by atoms with E-state index in [0.717, 1.165) is 52.4 Å². The summed E-state index contributed by atoms with van der Waals surface area (Å²) in [6, 6.07) is 0. The van der Waals surface area contributed by atoms with Crippen molar-refractivity contribution in [1.29, 1.82) is 0 Å². The van der Waals surface area contributed by atoms with Gasteiger partial charge < -0.3 is 31.3 Å². The van der Waals surface area contributed by atoms with Crippen LogP contribution in [0.3, 0.4) is 0 Å². The van der Waals surface area contributed by atoms with Gasteiger partial charge in [0, 0.05) is 58.9 Å². The molecular formula is C12H28N4O3. The topological polar surface area (TPSA) is 100 Å². The molecule has 19 heavy (non-hydrogen) atoms. The number of rotatable bonds is 4. The molecule has 0 saturated carbocycles. The molecule has 114 valence electrons. The summed E-state index contributed by atoms with van der Waals surface area (Å²) in [5.74, 6) is 0. The van der Waals surface area contributed by atoms with E-state index in [1.807, 2.05) is 0 Å². The van der Waals surface area contributed by atoms with Crippen molar-refractivity contribution in [3.8, 4) is 0 Å². The molecule has 0 aromatic carbocycles. The first-order chi connectivity index (χ1) is 9.24. The van der Waals surface area contributed by atoms with Gasteiger partial charge in [-0.25, -0.2) is 0 Å². The third-order valence-electron chi connectivity index (χ3n) is 3.24. The quantitative estimate of drug-likeness (QED) is 0.321. The molecule has 6 N–H and O–H groups in total. The second-order valence-corrected chi connectivity index (χ2v) is 4.87. The number of hydrogen-bond acceptors (Lipinski definition) is 7. The van der Waals surface area contributed by atoms with Gasteiger partial charge in [-0.15, -0.1) is 0 Å². The van der Waals surface area contributed by atoms with E-state index in [1.54, 1.807) is 0 Å². The Hall–Kier alpha value is -0.280. The lowest BCUT2D eigenvalue weighted by Gasteiger charge is -2.27. The van der Waals surface area contributed by atoms with E-state index in [9.17, 15) is 10.2 Å². The Morgan fingerprint density at radius 2 is 1.26 bits per heavy atom. The van der Waals surface area contributed by atoms with Gasteiger partial charge in [0.15, 0.2) is 0 Å². The van der Waals surface area contributed by atoms with Gasteiger partial charge in [0.1, 0.15) is 6.10 Å². The van der Waals surface area contributed by atoms with Crippen LogP contribution >= 0.6 is 0 Å². The van der Waals surface area contributed by atoms with Crippen molar-refractivity contribution in [1.82, 2.24) is 20.9 Å². The van der Waals surface area contributed by atoms with Crippen LogP contribution in [0.4, 0.5) is 0 Å². The molecule has 1 saturated heterocycles.